The summed E-state index contributed by atoms with van der Waals surface area (Å²) in [6, 6.07) is 5.63. The number of nitriles is 1. The third-order valence-corrected chi connectivity index (χ3v) is 2.05. The lowest BCUT2D eigenvalue weighted by Crippen LogP contribution is -1.97. The van der Waals surface area contributed by atoms with Crippen molar-refractivity contribution in [2.45, 2.75) is 20.8 Å². The summed E-state index contributed by atoms with van der Waals surface area (Å²) in [7, 11) is 0. The van der Waals surface area contributed by atoms with Crippen LogP contribution in [-0.2, 0) is 0 Å². The molecule has 1 aromatic rings. The van der Waals surface area contributed by atoms with Gasteiger partial charge in [0.2, 0.25) is 0 Å². The number of benzene rings is 1. The molecular weight excluding hydrogens is 162 g/mol. The number of carbonyl (C=O) groups is 1. The van der Waals surface area contributed by atoms with Crippen molar-refractivity contribution in [2.24, 2.45) is 0 Å². The predicted octanol–water partition coefficient (Wildman–Crippen LogP) is 2.38. The van der Waals surface area contributed by atoms with E-state index < -0.39 is 0 Å². The minimum Gasteiger partial charge on any atom is -0.295 e. The lowest BCUT2D eigenvalue weighted by Gasteiger charge is -2.04. The molecule has 0 N–H and O–H groups in total. The van der Waals surface area contributed by atoms with Crippen LogP contribution in [0.15, 0.2) is 12.1 Å². The number of carbonyl (C=O) groups excluding carboxylic acids is 1. The van der Waals surface area contributed by atoms with Crippen molar-refractivity contribution in [2.75, 3.05) is 0 Å². The number of hydrogen-bond acceptors (Lipinski definition) is 2. The summed E-state index contributed by atoms with van der Waals surface area (Å²) in [4.78, 5) is 11.1. The fourth-order valence-corrected chi connectivity index (χ4v) is 1.34. The molecule has 0 aliphatic heterocycles. The molecule has 1 aromatic carbocycles. The summed E-state index contributed by atoms with van der Waals surface area (Å²) < 4.78 is 0. The number of nitrogens with zero attached hydrogens (tertiary/aromatic N) is 1. The van der Waals surface area contributed by atoms with E-state index in [2.05, 4.69) is 6.07 Å². The van der Waals surface area contributed by atoms with Gasteiger partial charge in [0.15, 0.2) is 5.78 Å². The highest BCUT2D eigenvalue weighted by Gasteiger charge is 2.06. The van der Waals surface area contributed by atoms with Gasteiger partial charge < -0.3 is 0 Å². The van der Waals surface area contributed by atoms with E-state index in [1.807, 2.05) is 13.8 Å². The third-order valence-electron chi connectivity index (χ3n) is 2.05. The van der Waals surface area contributed by atoms with E-state index in [1.165, 1.54) is 6.92 Å². The van der Waals surface area contributed by atoms with Crippen LogP contribution >= 0.6 is 0 Å². The Balaban J connectivity index is 3.39. The first-order valence-corrected chi connectivity index (χ1v) is 4.08. The van der Waals surface area contributed by atoms with Crippen molar-refractivity contribution in [3.63, 3.8) is 0 Å². The highest BCUT2D eigenvalue weighted by Crippen LogP contribution is 2.15. The molecule has 0 aliphatic rings. The van der Waals surface area contributed by atoms with Gasteiger partial charge in [-0.15, -0.1) is 0 Å². The highest BCUT2D eigenvalue weighted by molar-refractivity contribution is 5.94. The van der Waals surface area contributed by atoms with Crippen LogP contribution in [0.3, 0.4) is 0 Å². The average molecular weight is 173 g/mol. The summed E-state index contributed by atoms with van der Waals surface area (Å²) in [6.45, 7) is 5.22. The second-order valence-corrected chi connectivity index (χ2v) is 3.15. The van der Waals surface area contributed by atoms with Crippen LogP contribution in [0, 0.1) is 25.2 Å². The Labute approximate surface area is 77.8 Å². The zero-order valence-corrected chi connectivity index (χ0v) is 8.01. The summed E-state index contributed by atoms with van der Waals surface area (Å²) >= 11 is 0. The molecule has 0 radical (unpaired) electrons. The molecule has 0 bridgehead atoms. The molecule has 13 heavy (non-hydrogen) atoms. The quantitative estimate of drug-likeness (QED) is 0.612. The summed E-state index contributed by atoms with van der Waals surface area (Å²) in [6.07, 6.45) is 0. The van der Waals surface area contributed by atoms with Crippen molar-refractivity contribution in [3.05, 3.63) is 34.4 Å². The van der Waals surface area contributed by atoms with E-state index in [0.717, 1.165) is 11.1 Å². The summed E-state index contributed by atoms with van der Waals surface area (Å²) in [5.41, 5.74) is 3.08. The monoisotopic (exact) mass is 173 g/mol. The maximum absolute atomic E-state index is 11.1. The van der Waals surface area contributed by atoms with Crippen LogP contribution in [-0.4, -0.2) is 5.78 Å². The molecule has 0 amide bonds. The van der Waals surface area contributed by atoms with Crippen LogP contribution in [0.2, 0.25) is 0 Å². The average Bonchev–Trinajstić information content (AvgIpc) is 2.03. The normalized spacial score (nSPS) is 9.38. The molecule has 2 nitrogen and oxygen atoms in total. The van der Waals surface area contributed by atoms with Gasteiger partial charge in [0, 0.05) is 5.56 Å². The van der Waals surface area contributed by atoms with E-state index >= 15 is 0 Å². The zero-order valence-electron chi connectivity index (χ0n) is 8.01. The van der Waals surface area contributed by atoms with Gasteiger partial charge in [0.25, 0.3) is 0 Å². The standard InChI is InChI=1S/C11H11NO/c1-7-4-10(9(3)13)5-8(2)11(7)6-12/h4-5H,1-3H3. The van der Waals surface area contributed by atoms with Crippen LogP contribution in [0.25, 0.3) is 0 Å². The topological polar surface area (TPSA) is 40.9 Å². The van der Waals surface area contributed by atoms with Crippen molar-refractivity contribution in [3.8, 4) is 6.07 Å². The van der Waals surface area contributed by atoms with Gasteiger partial charge in [-0.2, -0.15) is 5.26 Å². The Morgan fingerprint density at radius 3 is 2.08 bits per heavy atom. The lowest BCUT2D eigenvalue weighted by molar-refractivity contribution is 0.101. The fourth-order valence-electron chi connectivity index (χ4n) is 1.34. The van der Waals surface area contributed by atoms with E-state index in [-0.39, 0.29) is 5.78 Å². The zero-order chi connectivity index (χ0) is 10.0. The summed E-state index contributed by atoms with van der Waals surface area (Å²) in [5.74, 6) is 0.0377. The molecule has 0 saturated heterocycles. The Kier molecular flexibility index (Phi) is 2.48. The Morgan fingerprint density at radius 1 is 1.31 bits per heavy atom. The van der Waals surface area contributed by atoms with Crippen molar-refractivity contribution in [1.29, 1.82) is 5.26 Å². The third kappa shape index (κ3) is 1.75. The molecular formula is C11H11NO. The second-order valence-electron chi connectivity index (χ2n) is 3.15. The minimum atomic E-state index is 0.0377. The van der Waals surface area contributed by atoms with Gasteiger partial charge in [-0.3, -0.25) is 4.79 Å². The van der Waals surface area contributed by atoms with E-state index in [4.69, 9.17) is 5.26 Å². The van der Waals surface area contributed by atoms with Crippen molar-refractivity contribution in [1.82, 2.24) is 0 Å². The number of ketones is 1. The van der Waals surface area contributed by atoms with Crippen molar-refractivity contribution >= 4 is 5.78 Å². The number of rotatable bonds is 1. The Bertz CT molecular complexity index is 376. The first kappa shape index (κ1) is 9.47. The van der Waals surface area contributed by atoms with Gasteiger partial charge in [0.05, 0.1) is 11.6 Å². The highest BCUT2D eigenvalue weighted by atomic mass is 16.1. The van der Waals surface area contributed by atoms with Crippen LogP contribution < -0.4 is 0 Å². The van der Waals surface area contributed by atoms with Crippen LogP contribution in [0.1, 0.15) is 34.0 Å². The Morgan fingerprint density at radius 2 is 1.77 bits per heavy atom. The van der Waals surface area contributed by atoms with Gasteiger partial charge in [-0.1, -0.05) is 0 Å². The molecule has 0 spiro atoms. The molecule has 0 heterocycles. The maximum atomic E-state index is 11.1. The van der Waals surface area contributed by atoms with E-state index in [0.29, 0.717) is 11.1 Å². The van der Waals surface area contributed by atoms with Gasteiger partial charge in [0.1, 0.15) is 0 Å². The smallest absolute Gasteiger partial charge is 0.159 e. The van der Waals surface area contributed by atoms with E-state index in [1.54, 1.807) is 12.1 Å². The van der Waals surface area contributed by atoms with Crippen molar-refractivity contribution < 1.29 is 4.79 Å². The first-order valence-electron chi connectivity index (χ1n) is 4.08. The minimum absolute atomic E-state index is 0.0377. The second kappa shape index (κ2) is 3.40. The first-order chi connectivity index (χ1) is 6.06. The van der Waals surface area contributed by atoms with Gasteiger partial charge in [-0.05, 0) is 44.0 Å². The fraction of sp³-hybridized carbons (Fsp3) is 0.273. The molecule has 1 rings (SSSR count). The van der Waals surface area contributed by atoms with Crippen LogP contribution in [0.4, 0.5) is 0 Å². The molecule has 0 fully saturated rings. The number of Topliss-reactive ketones (excluding diaryl/α,β-unsaturated/α-hetero) is 1. The largest absolute Gasteiger partial charge is 0.295 e. The molecule has 66 valence electrons. The number of aryl methyl sites for hydroxylation is 2. The SMILES string of the molecule is CC(=O)c1cc(C)c(C#N)c(C)c1. The molecule has 0 aromatic heterocycles. The van der Waals surface area contributed by atoms with E-state index in [9.17, 15) is 4.79 Å². The molecule has 0 aliphatic carbocycles. The Hall–Kier alpha value is -1.62. The molecule has 2 heteroatoms. The van der Waals surface area contributed by atoms with Gasteiger partial charge >= 0.3 is 0 Å². The van der Waals surface area contributed by atoms with Crippen LogP contribution in [0.5, 0.6) is 0 Å². The molecule has 0 unspecified atom stereocenters. The predicted molar refractivity (Wildman–Crippen MR) is 50.6 cm³/mol. The maximum Gasteiger partial charge on any atom is 0.159 e. The number of hydrogen-bond donors (Lipinski definition) is 0. The van der Waals surface area contributed by atoms with Gasteiger partial charge in [-0.25, -0.2) is 0 Å². The summed E-state index contributed by atoms with van der Waals surface area (Å²) in [5, 5.41) is 8.79. The molecule has 0 atom stereocenters. The molecule has 0 saturated carbocycles. The lowest BCUT2D eigenvalue weighted by atomic mass is 9.99.